The number of morpholine rings is 1. The van der Waals surface area contributed by atoms with Crippen molar-refractivity contribution in [3.63, 3.8) is 0 Å². The Morgan fingerprint density at radius 3 is 2.36 bits per heavy atom. The fraction of sp³-hybridized carbons (Fsp3) is 0.533. The zero-order chi connectivity index (χ0) is 16.2. The molecule has 1 aromatic rings. The molecule has 0 bridgehead atoms. The second-order valence-corrected chi connectivity index (χ2v) is 5.26. The normalized spacial score (nSPS) is 16.5. The largest absolute Gasteiger partial charge is 0.416 e. The van der Waals surface area contributed by atoms with Gasteiger partial charge in [-0.05, 0) is 24.3 Å². The van der Waals surface area contributed by atoms with E-state index in [1.54, 1.807) is 7.05 Å². The van der Waals surface area contributed by atoms with Crippen LogP contribution in [0.1, 0.15) is 15.9 Å². The number of hydrogen-bond acceptors (Lipinski definition) is 3. The maximum atomic E-state index is 12.5. The Kier molecular flexibility index (Phi) is 5.42. The van der Waals surface area contributed by atoms with Gasteiger partial charge >= 0.3 is 6.18 Å². The molecule has 1 saturated heterocycles. The maximum Gasteiger partial charge on any atom is 0.416 e. The number of halogens is 3. The molecule has 0 spiro atoms. The van der Waals surface area contributed by atoms with Crippen LogP contribution < -0.4 is 0 Å². The van der Waals surface area contributed by atoms with Crippen LogP contribution in [0.3, 0.4) is 0 Å². The molecule has 7 heteroatoms. The summed E-state index contributed by atoms with van der Waals surface area (Å²) in [4.78, 5) is 15.9. The third-order valence-corrected chi connectivity index (χ3v) is 3.66. The molecule has 0 radical (unpaired) electrons. The second-order valence-electron chi connectivity index (χ2n) is 5.26. The average Bonchev–Trinajstić information content (AvgIpc) is 2.52. The van der Waals surface area contributed by atoms with E-state index in [-0.39, 0.29) is 11.5 Å². The first kappa shape index (κ1) is 16.8. The molecule has 1 heterocycles. The van der Waals surface area contributed by atoms with Crippen LogP contribution in [0.2, 0.25) is 0 Å². The minimum Gasteiger partial charge on any atom is -0.379 e. The zero-order valence-electron chi connectivity index (χ0n) is 12.4. The van der Waals surface area contributed by atoms with Gasteiger partial charge in [-0.1, -0.05) is 0 Å². The Hall–Kier alpha value is -1.60. The van der Waals surface area contributed by atoms with Crippen molar-refractivity contribution >= 4 is 5.91 Å². The molecule has 0 aromatic heterocycles. The predicted molar refractivity (Wildman–Crippen MR) is 75.7 cm³/mol. The van der Waals surface area contributed by atoms with Crippen molar-refractivity contribution in [1.82, 2.24) is 9.80 Å². The third-order valence-electron chi connectivity index (χ3n) is 3.66. The van der Waals surface area contributed by atoms with Gasteiger partial charge in [0.1, 0.15) is 0 Å². The average molecular weight is 316 g/mol. The summed E-state index contributed by atoms with van der Waals surface area (Å²) in [5.74, 6) is -0.276. The minimum atomic E-state index is -4.39. The Morgan fingerprint density at radius 1 is 1.23 bits per heavy atom. The topological polar surface area (TPSA) is 32.8 Å². The number of likely N-dealkylation sites (N-methyl/N-ethyl adjacent to an activating group) is 1. The Bertz CT molecular complexity index is 497. The summed E-state index contributed by atoms with van der Waals surface area (Å²) in [6.07, 6.45) is -4.39. The van der Waals surface area contributed by atoms with Gasteiger partial charge < -0.3 is 9.64 Å². The van der Waals surface area contributed by atoms with E-state index in [4.69, 9.17) is 4.74 Å². The van der Waals surface area contributed by atoms with Gasteiger partial charge in [-0.25, -0.2) is 0 Å². The number of alkyl halides is 3. The van der Waals surface area contributed by atoms with E-state index >= 15 is 0 Å². The summed E-state index contributed by atoms with van der Waals surface area (Å²) in [5, 5.41) is 0. The molecule has 4 nitrogen and oxygen atoms in total. The van der Waals surface area contributed by atoms with Crippen molar-refractivity contribution < 1.29 is 22.7 Å². The molecule has 2 rings (SSSR count). The highest BCUT2D eigenvalue weighted by atomic mass is 19.4. The van der Waals surface area contributed by atoms with E-state index in [9.17, 15) is 18.0 Å². The SMILES string of the molecule is CN(CCN1CCOCC1)C(=O)c1ccc(C(F)(F)F)cc1. The number of ether oxygens (including phenoxy) is 1. The number of carbonyl (C=O) groups is 1. The monoisotopic (exact) mass is 316 g/mol. The summed E-state index contributed by atoms with van der Waals surface area (Å²) in [5.41, 5.74) is -0.488. The molecule has 1 aromatic carbocycles. The van der Waals surface area contributed by atoms with Gasteiger partial charge in [-0.3, -0.25) is 9.69 Å². The maximum absolute atomic E-state index is 12.5. The van der Waals surface area contributed by atoms with Crippen LogP contribution in [-0.2, 0) is 10.9 Å². The summed E-state index contributed by atoms with van der Waals surface area (Å²) < 4.78 is 42.7. The Labute approximate surface area is 127 Å². The van der Waals surface area contributed by atoms with Crippen LogP contribution in [0.4, 0.5) is 13.2 Å². The van der Waals surface area contributed by atoms with Gasteiger partial charge in [-0.2, -0.15) is 13.2 Å². The highest BCUT2D eigenvalue weighted by Crippen LogP contribution is 2.29. The van der Waals surface area contributed by atoms with E-state index < -0.39 is 11.7 Å². The summed E-state index contributed by atoms with van der Waals surface area (Å²) >= 11 is 0. The Balaban J connectivity index is 1.89. The lowest BCUT2D eigenvalue weighted by Crippen LogP contribution is -2.41. The van der Waals surface area contributed by atoms with Crippen molar-refractivity contribution in [3.8, 4) is 0 Å². The lowest BCUT2D eigenvalue weighted by molar-refractivity contribution is -0.137. The number of rotatable bonds is 4. The number of amides is 1. The number of hydrogen-bond donors (Lipinski definition) is 0. The predicted octanol–water partition coefficient (Wildman–Crippen LogP) is 2.11. The molecule has 0 N–H and O–H groups in total. The van der Waals surface area contributed by atoms with Crippen LogP contribution in [-0.4, -0.2) is 62.1 Å². The van der Waals surface area contributed by atoms with E-state index in [0.717, 1.165) is 31.8 Å². The minimum absolute atomic E-state index is 0.262. The van der Waals surface area contributed by atoms with Crippen LogP contribution in [0.15, 0.2) is 24.3 Å². The smallest absolute Gasteiger partial charge is 0.379 e. The van der Waals surface area contributed by atoms with E-state index in [1.165, 1.54) is 17.0 Å². The molecule has 1 amide bonds. The molecule has 1 aliphatic heterocycles. The first-order chi connectivity index (χ1) is 10.4. The van der Waals surface area contributed by atoms with Crippen LogP contribution in [0.5, 0.6) is 0 Å². The summed E-state index contributed by atoms with van der Waals surface area (Å²) in [6.45, 7) is 4.31. The fourth-order valence-electron chi connectivity index (χ4n) is 2.24. The van der Waals surface area contributed by atoms with E-state index in [0.29, 0.717) is 19.8 Å². The molecule has 0 aliphatic carbocycles. The Morgan fingerprint density at radius 2 is 1.82 bits per heavy atom. The van der Waals surface area contributed by atoms with Gasteiger partial charge in [0.15, 0.2) is 0 Å². The highest BCUT2D eigenvalue weighted by Gasteiger charge is 2.30. The lowest BCUT2D eigenvalue weighted by atomic mass is 10.1. The standard InChI is InChI=1S/C15H19F3N2O2/c1-19(6-7-20-8-10-22-11-9-20)14(21)12-2-4-13(5-3-12)15(16,17)18/h2-5H,6-11H2,1H3. The molecule has 0 saturated carbocycles. The molecular weight excluding hydrogens is 297 g/mol. The molecule has 22 heavy (non-hydrogen) atoms. The lowest BCUT2D eigenvalue weighted by Gasteiger charge is -2.28. The van der Waals surface area contributed by atoms with Crippen molar-refractivity contribution in [2.75, 3.05) is 46.4 Å². The molecule has 1 fully saturated rings. The number of nitrogens with zero attached hydrogens (tertiary/aromatic N) is 2. The van der Waals surface area contributed by atoms with Crippen LogP contribution >= 0.6 is 0 Å². The van der Waals surface area contributed by atoms with Gasteiger partial charge in [0, 0.05) is 38.8 Å². The fourth-order valence-corrected chi connectivity index (χ4v) is 2.24. The first-order valence-electron chi connectivity index (χ1n) is 7.11. The van der Waals surface area contributed by atoms with E-state index in [2.05, 4.69) is 4.90 Å². The van der Waals surface area contributed by atoms with Crippen molar-refractivity contribution in [2.24, 2.45) is 0 Å². The first-order valence-corrected chi connectivity index (χ1v) is 7.11. The van der Waals surface area contributed by atoms with E-state index in [1.807, 2.05) is 0 Å². The zero-order valence-corrected chi connectivity index (χ0v) is 12.4. The molecule has 0 unspecified atom stereocenters. The number of benzene rings is 1. The summed E-state index contributed by atoms with van der Waals surface area (Å²) in [7, 11) is 1.65. The van der Waals surface area contributed by atoms with Gasteiger partial charge in [0.2, 0.25) is 0 Å². The van der Waals surface area contributed by atoms with Crippen LogP contribution in [0.25, 0.3) is 0 Å². The third kappa shape index (κ3) is 4.45. The van der Waals surface area contributed by atoms with Crippen molar-refractivity contribution in [3.05, 3.63) is 35.4 Å². The summed E-state index contributed by atoms with van der Waals surface area (Å²) in [6, 6.07) is 4.30. The van der Waals surface area contributed by atoms with Crippen molar-refractivity contribution in [1.29, 1.82) is 0 Å². The molecule has 1 aliphatic rings. The number of carbonyl (C=O) groups excluding carboxylic acids is 1. The van der Waals surface area contributed by atoms with Gasteiger partial charge in [0.25, 0.3) is 5.91 Å². The van der Waals surface area contributed by atoms with Gasteiger partial charge in [0.05, 0.1) is 18.8 Å². The molecular formula is C15H19F3N2O2. The van der Waals surface area contributed by atoms with Crippen LogP contribution in [0, 0.1) is 0 Å². The van der Waals surface area contributed by atoms with Crippen molar-refractivity contribution in [2.45, 2.75) is 6.18 Å². The second kappa shape index (κ2) is 7.11. The highest BCUT2D eigenvalue weighted by molar-refractivity contribution is 5.94. The molecule has 122 valence electrons. The quantitative estimate of drug-likeness (QED) is 0.853. The van der Waals surface area contributed by atoms with Gasteiger partial charge in [-0.15, -0.1) is 0 Å². The molecule has 0 atom stereocenters.